The van der Waals surface area contributed by atoms with E-state index in [9.17, 15) is 9.18 Å². The molecule has 1 aromatic heterocycles. The third-order valence-electron chi connectivity index (χ3n) is 2.74. The van der Waals surface area contributed by atoms with Gasteiger partial charge in [-0.2, -0.15) is 0 Å². The van der Waals surface area contributed by atoms with E-state index in [-0.39, 0.29) is 17.3 Å². The van der Waals surface area contributed by atoms with Gasteiger partial charge in [0.2, 0.25) is 0 Å². The van der Waals surface area contributed by atoms with E-state index in [1.165, 1.54) is 12.3 Å². The number of carbonyl (C=O) groups excluding carboxylic acids is 1. The van der Waals surface area contributed by atoms with Gasteiger partial charge in [0.1, 0.15) is 0 Å². The van der Waals surface area contributed by atoms with Crippen molar-refractivity contribution < 1.29 is 9.18 Å². The van der Waals surface area contributed by atoms with Crippen molar-refractivity contribution in [2.24, 2.45) is 0 Å². The molecule has 0 aromatic carbocycles. The van der Waals surface area contributed by atoms with Crippen molar-refractivity contribution in [3.63, 3.8) is 0 Å². The molecule has 0 radical (unpaired) electrons. The summed E-state index contributed by atoms with van der Waals surface area (Å²) in [5, 5.41) is 0. The highest BCUT2D eigenvalue weighted by molar-refractivity contribution is 5.95. The number of halogens is 1. The fourth-order valence-electron chi connectivity index (χ4n) is 1.70. The van der Waals surface area contributed by atoms with Gasteiger partial charge in [-0.05, 0) is 26.6 Å². The molecule has 0 aliphatic rings. The number of hydrogen-bond acceptors (Lipinski definition) is 4. The van der Waals surface area contributed by atoms with Gasteiger partial charge in [-0.25, -0.2) is 9.37 Å². The van der Waals surface area contributed by atoms with Gasteiger partial charge in [-0.3, -0.25) is 4.79 Å². The van der Waals surface area contributed by atoms with E-state index < -0.39 is 5.82 Å². The zero-order valence-corrected chi connectivity index (χ0v) is 11.7. The van der Waals surface area contributed by atoms with Crippen LogP contribution in [0.15, 0.2) is 12.3 Å². The number of amides is 1. The van der Waals surface area contributed by atoms with Gasteiger partial charge in [-0.15, -0.1) is 0 Å². The number of nitrogens with zero attached hydrogens (tertiary/aromatic N) is 3. The first-order chi connectivity index (χ1) is 8.97. The van der Waals surface area contributed by atoms with Crippen LogP contribution in [0, 0.1) is 5.82 Å². The summed E-state index contributed by atoms with van der Waals surface area (Å²) in [5.74, 6) is -1.32. The number of rotatable bonds is 6. The zero-order valence-electron chi connectivity index (χ0n) is 11.7. The molecule has 0 aliphatic heterocycles. The molecule has 19 heavy (non-hydrogen) atoms. The van der Waals surface area contributed by atoms with Crippen LogP contribution in [-0.4, -0.2) is 54.4 Å². The second-order valence-electron chi connectivity index (χ2n) is 4.65. The molecule has 6 heteroatoms. The van der Waals surface area contributed by atoms with Crippen molar-refractivity contribution >= 4 is 11.7 Å². The van der Waals surface area contributed by atoms with Crippen LogP contribution >= 0.6 is 0 Å². The Balaban J connectivity index is 2.89. The minimum Gasteiger partial charge on any atom is -0.381 e. The number of nitrogen functional groups attached to an aromatic ring is 1. The van der Waals surface area contributed by atoms with E-state index in [4.69, 9.17) is 5.73 Å². The molecule has 106 valence electrons. The van der Waals surface area contributed by atoms with Crippen molar-refractivity contribution in [3.05, 3.63) is 23.6 Å². The van der Waals surface area contributed by atoms with Crippen LogP contribution in [0.1, 0.15) is 23.7 Å². The van der Waals surface area contributed by atoms with Gasteiger partial charge in [0.15, 0.2) is 11.6 Å². The Labute approximate surface area is 113 Å². The van der Waals surface area contributed by atoms with Gasteiger partial charge in [0.25, 0.3) is 5.91 Å². The molecule has 0 fully saturated rings. The van der Waals surface area contributed by atoms with Gasteiger partial charge in [0, 0.05) is 25.8 Å². The Hall–Kier alpha value is -1.69. The average Bonchev–Trinajstić information content (AvgIpc) is 2.37. The van der Waals surface area contributed by atoms with Crippen LogP contribution in [0.5, 0.6) is 0 Å². The highest BCUT2D eigenvalue weighted by atomic mass is 19.1. The molecule has 1 rings (SSSR count). The molecule has 2 N–H and O–H groups in total. The van der Waals surface area contributed by atoms with Crippen molar-refractivity contribution in [2.45, 2.75) is 13.3 Å². The lowest BCUT2D eigenvalue weighted by Gasteiger charge is -2.24. The second-order valence-corrected chi connectivity index (χ2v) is 4.65. The third kappa shape index (κ3) is 4.17. The Morgan fingerprint density at radius 3 is 2.63 bits per heavy atom. The van der Waals surface area contributed by atoms with Gasteiger partial charge < -0.3 is 15.5 Å². The molecule has 0 unspecified atom stereocenters. The minimum absolute atomic E-state index is 0.0142. The number of likely N-dealkylation sites (N-methyl/N-ethyl adjacent to an activating group) is 1. The lowest BCUT2D eigenvalue weighted by Crippen LogP contribution is -2.37. The van der Waals surface area contributed by atoms with Crippen LogP contribution in [-0.2, 0) is 0 Å². The largest absolute Gasteiger partial charge is 0.381 e. The Morgan fingerprint density at radius 2 is 2.05 bits per heavy atom. The van der Waals surface area contributed by atoms with E-state index in [1.807, 2.05) is 25.9 Å². The van der Waals surface area contributed by atoms with E-state index in [1.54, 1.807) is 4.90 Å². The first kappa shape index (κ1) is 15.4. The van der Waals surface area contributed by atoms with Crippen LogP contribution in [0.25, 0.3) is 0 Å². The quantitative estimate of drug-likeness (QED) is 0.842. The molecule has 0 spiro atoms. The first-order valence-corrected chi connectivity index (χ1v) is 6.31. The summed E-state index contributed by atoms with van der Waals surface area (Å²) in [4.78, 5) is 19.5. The van der Waals surface area contributed by atoms with E-state index in [2.05, 4.69) is 4.98 Å². The third-order valence-corrected chi connectivity index (χ3v) is 2.74. The summed E-state index contributed by atoms with van der Waals surface area (Å²) in [6.45, 7) is 3.86. The number of aromatic nitrogens is 1. The Kier molecular flexibility index (Phi) is 5.69. The maximum absolute atomic E-state index is 13.8. The maximum Gasteiger partial charge on any atom is 0.257 e. The molecular weight excluding hydrogens is 247 g/mol. The van der Waals surface area contributed by atoms with Gasteiger partial charge in [0.05, 0.1) is 5.56 Å². The fourth-order valence-corrected chi connectivity index (χ4v) is 1.70. The van der Waals surface area contributed by atoms with Gasteiger partial charge >= 0.3 is 0 Å². The molecule has 0 bridgehead atoms. The molecule has 1 heterocycles. The van der Waals surface area contributed by atoms with E-state index in [0.29, 0.717) is 13.1 Å². The van der Waals surface area contributed by atoms with Crippen LogP contribution in [0.2, 0.25) is 0 Å². The van der Waals surface area contributed by atoms with Gasteiger partial charge in [-0.1, -0.05) is 6.92 Å². The zero-order chi connectivity index (χ0) is 14.4. The second kappa shape index (κ2) is 7.04. The molecule has 0 saturated carbocycles. The van der Waals surface area contributed by atoms with Crippen LogP contribution < -0.4 is 5.73 Å². The Bertz CT molecular complexity index is 437. The summed E-state index contributed by atoms with van der Waals surface area (Å²) in [6.07, 6.45) is 2.17. The molecule has 1 aromatic rings. The average molecular weight is 268 g/mol. The molecule has 0 aliphatic carbocycles. The van der Waals surface area contributed by atoms with Crippen molar-refractivity contribution in [1.82, 2.24) is 14.8 Å². The molecule has 5 nitrogen and oxygen atoms in total. The Morgan fingerprint density at radius 1 is 1.37 bits per heavy atom. The number of carbonyl (C=O) groups is 1. The minimum atomic E-state index is -0.738. The predicted octanol–water partition coefficient (Wildman–Crippen LogP) is 1.22. The first-order valence-electron chi connectivity index (χ1n) is 6.31. The molecular formula is C13H21FN4O. The highest BCUT2D eigenvalue weighted by Gasteiger charge is 2.20. The maximum atomic E-state index is 13.8. The van der Waals surface area contributed by atoms with Crippen molar-refractivity contribution in [2.75, 3.05) is 39.5 Å². The van der Waals surface area contributed by atoms with Crippen molar-refractivity contribution in [1.29, 1.82) is 0 Å². The summed E-state index contributed by atoms with van der Waals surface area (Å²) in [5.41, 5.74) is 5.38. The molecule has 0 atom stereocenters. The molecule has 1 amide bonds. The topological polar surface area (TPSA) is 62.5 Å². The van der Waals surface area contributed by atoms with Crippen molar-refractivity contribution in [3.8, 4) is 0 Å². The lowest BCUT2D eigenvalue weighted by atomic mass is 10.2. The number of pyridine rings is 1. The summed E-state index contributed by atoms with van der Waals surface area (Å²) in [6, 6.07) is 1.37. The SMILES string of the molecule is CCCN(CCN(C)C)C(=O)c1ccnc(N)c1F. The summed E-state index contributed by atoms with van der Waals surface area (Å²) >= 11 is 0. The van der Waals surface area contributed by atoms with E-state index in [0.717, 1.165) is 13.0 Å². The smallest absolute Gasteiger partial charge is 0.257 e. The lowest BCUT2D eigenvalue weighted by molar-refractivity contribution is 0.0740. The number of nitrogens with two attached hydrogens (primary N) is 1. The summed E-state index contributed by atoms with van der Waals surface area (Å²) in [7, 11) is 3.86. The monoisotopic (exact) mass is 268 g/mol. The predicted molar refractivity (Wildman–Crippen MR) is 73.4 cm³/mol. The fraction of sp³-hybridized carbons (Fsp3) is 0.538. The number of anilines is 1. The van der Waals surface area contributed by atoms with Crippen LogP contribution in [0.3, 0.4) is 0 Å². The summed E-state index contributed by atoms with van der Waals surface area (Å²) < 4.78 is 13.8. The number of hydrogen-bond donors (Lipinski definition) is 1. The van der Waals surface area contributed by atoms with Crippen LogP contribution in [0.4, 0.5) is 10.2 Å². The molecule has 0 saturated heterocycles. The highest BCUT2D eigenvalue weighted by Crippen LogP contribution is 2.14. The normalized spacial score (nSPS) is 10.8. The standard InChI is InChI=1S/C13H21FN4O/c1-4-7-18(9-8-17(2)3)13(19)10-5-6-16-12(15)11(10)14/h5-6H,4,7-9H2,1-3H3,(H2,15,16). The van der Waals surface area contributed by atoms with E-state index >= 15 is 0 Å².